The number of nitrogens with two attached hydrogens (primary N) is 1. The zero-order chi connectivity index (χ0) is 12.5. The van der Waals surface area contributed by atoms with Gasteiger partial charge in [0.05, 0.1) is 0 Å². The molecular weight excluding hydrogens is 220 g/mol. The molecule has 2 nitrogen and oxygen atoms in total. The Morgan fingerprint density at radius 3 is 2.56 bits per heavy atom. The van der Waals surface area contributed by atoms with E-state index in [0.29, 0.717) is 0 Å². The van der Waals surface area contributed by atoms with Gasteiger partial charge in [-0.2, -0.15) is 0 Å². The van der Waals surface area contributed by atoms with E-state index in [1.807, 2.05) is 25.3 Å². The van der Waals surface area contributed by atoms with E-state index in [4.69, 9.17) is 5.73 Å². The summed E-state index contributed by atoms with van der Waals surface area (Å²) in [5.74, 6) is 0. The maximum Gasteiger partial charge on any atom is 0.0379 e. The van der Waals surface area contributed by atoms with E-state index in [-0.39, 0.29) is 0 Å². The second-order valence-corrected chi connectivity index (χ2v) is 4.47. The van der Waals surface area contributed by atoms with Crippen LogP contribution in [-0.2, 0) is 0 Å². The number of benzene rings is 2. The van der Waals surface area contributed by atoms with Gasteiger partial charge < -0.3 is 5.73 Å². The fraction of sp³-hybridized carbons (Fsp3) is 0.0625. The van der Waals surface area contributed by atoms with E-state index in [0.717, 1.165) is 16.8 Å². The van der Waals surface area contributed by atoms with Gasteiger partial charge in [-0.1, -0.05) is 30.3 Å². The van der Waals surface area contributed by atoms with E-state index in [9.17, 15) is 0 Å². The van der Waals surface area contributed by atoms with Crippen LogP contribution in [0.5, 0.6) is 0 Å². The van der Waals surface area contributed by atoms with Crippen LogP contribution >= 0.6 is 0 Å². The molecule has 0 spiro atoms. The Morgan fingerprint density at radius 1 is 1.00 bits per heavy atom. The number of pyridine rings is 1. The van der Waals surface area contributed by atoms with Crippen molar-refractivity contribution in [3.8, 4) is 11.1 Å². The summed E-state index contributed by atoms with van der Waals surface area (Å²) < 4.78 is 0. The van der Waals surface area contributed by atoms with Gasteiger partial charge >= 0.3 is 0 Å². The first-order valence-electron chi connectivity index (χ1n) is 5.95. The van der Waals surface area contributed by atoms with Crippen molar-refractivity contribution in [2.24, 2.45) is 0 Å². The van der Waals surface area contributed by atoms with Crippen molar-refractivity contribution in [1.29, 1.82) is 0 Å². The summed E-state index contributed by atoms with van der Waals surface area (Å²) in [5, 5.41) is 2.39. The Hall–Kier alpha value is -2.35. The smallest absolute Gasteiger partial charge is 0.0379 e. The van der Waals surface area contributed by atoms with Gasteiger partial charge in [0, 0.05) is 23.0 Å². The molecule has 0 saturated carbocycles. The topological polar surface area (TPSA) is 38.9 Å². The maximum atomic E-state index is 5.73. The van der Waals surface area contributed by atoms with Gasteiger partial charge in [0.2, 0.25) is 0 Å². The largest absolute Gasteiger partial charge is 0.399 e. The third-order valence-electron chi connectivity index (χ3n) is 3.12. The molecule has 88 valence electrons. The molecule has 0 bridgehead atoms. The van der Waals surface area contributed by atoms with E-state index < -0.39 is 0 Å². The normalized spacial score (nSPS) is 10.7. The zero-order valence-electron chi connectivity index (χ0n) is 10.2. The highest BCUT2D eigenvalue weighted by atomic mass is 14.7. The fourth-order valence-electron chi connectivity index (χ4n) is 2.19. The van der Waals surface area contributed by atoms with E-state index in [2.05, 4.69) is 41.4 Å². The van der Waals surface area contributed by atoms with Crippen LogP contribution in [0.3, 0.4) is 0 Å². The molecule has 1 heterocycles. The molecule has 0 atom stereocenters. The number of rotatable bonds is 1. The predicted octanol–water partition coefficient (Wildman–Crippen LogP) is 3.79. The SMILES string of the molecule is Cc1cc2c(-c3ccc(N)cc3)cccc2cn1. The first kappa shape index (κ1) is 10.8. The molecule has 0 fully saturated rings. The molecular formula is C16H14N2. The molecule has 0 amide bonds. The van der Waals surface area contributed by atoms with Crippen LogP contribution in [0, 0.1) is 6.92 Å². The van der Waals surface area contributed by atoms with E-state index >= 15 is 0 Å². The third-order valence-corrected chi connectivity index (χ3v) is 3.12. The molecule has 1 aromatic heterocycles. The van der Waals surface area contributed by atoms with Gasteiger partial charge in [-0.3, -0.25) is 4.98 Å². The molecule has 2 heteroatoms. The molecule has 0 saturated heterocycles. The second kappa shape index (κ2) is 4.15. The highest BCUT2D eigenvalue weighted by Crippen LogP contribution is 2.29. The lowest BCUT2D eigenvalue weighted by Crippen LogP contribution is -1.87. The lowest BCUT2D eigenvalue weighted by atomic mass is 9.99. The summed E-state index contributed by atoms with van der Waals surface area (Å²) >= 11 is 0. The molecule has 3 aromatic rings. The molecule has 0 aliphatic rings. The van der Waals surface area contributed by atoms with Crippen LogP contribution < -0.4 is 5.73 Å². The Balaban J connectivity index is 2.28. The van der Waals surface area contributed by atoms with Crippen LogP contribution in [0.2, 0.25) is 0 Å². The number of fused-ring (bicyclic) bond motifs is 1. The Labute approximate surface area is 106 Å². The van der Waals surface area contributed by atoms with Gasteiger partial charge in [0.1, 0.15) is 0 Å². The first-order valence-corrected chi connectivity index (χ1v) is 5.95. The molecule has 0 aliphatic carbocycles. The number of aromatic nitrogens is 1. The Kier molecular flexibility index (Phi) is 2.49. The molecule has 0 aliphatic heterocycles. The average molecular weight is 234 g/mol. The van der Waals surface area contributed by atoms with Gasteiger partial charge in [0.15, 0.2) is 0 Å². The van der Waals surface area contributed by atoms with Crippen LogP contribution in [0.15, 0.2) is 54.7 Å². The fourth-order valence-corrected chi connectivity index (χ4v) is 2.19. The van der Waals surface area contributed by atoms with Crippen LogP contribution in [0.4, 0.5) is 5.69 Å². The summed E-state index contributed by atoms with van der Waals surface area (Å²) in [6.07, 6.45) is 1.92. The van der Waals surface area contributed by atoms with Gasteiger partial charge in [-0.05, 0) is 41.6 Å². The molecule has 0 radical (unpaired) electrons. The van der Waals surface area contributed by atoms with Crippen molar-refractivity contribution < 1.29 is 0 Å². The van der Waals surface area contributed by atoms with Crippen LogP contribution in [0.25, 0.3) is 21.9 Å². The van der Waals surface area contributed by atoms with Crippen LogP contribution in [0.1, 0.15) is 5.69 Å². The van der Waals surface area contributed by atoms with Gasteiger partial charge in [-0.25, -0.2) is 0 Å². The Bertz CT molecular complexity index is 700. The first-order chi connectivity index (χ1) is 8.74. The lowest BCUT2D eigenvalue weighted by molar-refractivity contribution is 1.22. The Morgan fingerprint density at radius 2 is 1.78 bits per heavy atom. The van der Waals surface area contributed by atoms with Crippen molar-refractivity contribution in [3.63, 3.8) is 0 Å². The van der Waals surface area contributed by atoms with E-state index in [1.54, 1.807) is 0 Å². The van der Waals surface area contributed by atoms with Crippen molar-refractivity contribution >= 4 is 16.5 Å². The molecule has 2 aromatic carbocycles. The average Bonchev–Trinajstić information content (AvgIpc) is 2.39. The number of hydrogen-bond donors (Lipinski definition) is 1. The summed E-state index contributed by atoms with van der Waals surface area (Å²) in [6.45, 7) is 2.01. The maximum absolute atomic E-state index is 5.73. The molecule has 0 unspecified atom stereocenters. The lowest BCUT2D eigenvalue weighted by Gasteiger charge is -2.07. The summed E-state index contributed by atoms with van der Waals surface area (Å²) in [4.78, 5) is 4.34. The monoisotopic (exact) mass is 234 g/mol. The van der Waals surface area contributed by atoms with Crippen molar-refractivity contribution in [3.05, 3.63) is 60.4 Å². The predicted molar refractivity (Wildman–Crippen MR) is 76.3 cm³/mol. The number of anilines is 1. The van der Waals surface area contributed by atoms with Gasteiger partial charge in [-0.15, -0.1) is 0 Å². The summed E-state index contributed by atoms with van der Waals surface area (Å²) in [5.41, 5.74) is 9.95. The number of hydrogen-bond acceptors (Lipinski definition) is 2. The number of nitrogens with zero attached hydrogens (tertiary/aromatic N) is 1. The minimum atomic E-state index is 0.789. The molecule has 2 N–H and O–H groups in total. The van der Waals surface area contributed by atoms with Crippen molar-refractivity contribution in [2.75, 3.05) is 5.73 Å². The molecule has 18 heavy (non-hydrogen) atoms. The minimum absolute atomic E-state index is 0.789. The molecule has 3 rings (SSSR count). The second-order valence-electron chi connectivity index (χ2n) is 4.47. The standard InChI is InChI=1S/C16H14N2/c1-11-9-16-13(10-18-11)3-2-4-15(16)12-5-7-14(17)8-6-12/h2-10H,17H2,1H3. The van der Waals surface area contributed by atoms with E-state index in [1.165, 1.54) is 16.5 Å². The highest BCUT2D eigenvalue weighted by molar-refractivity contribution is 5.96. The van der Waals surface area contributed by atoms with Gasteiger partial charge in [0.25, 0.3) is 0 Å². The third kappa shape index (κ3) is 1.82. The van der Waals surface area contributed by atoms with Crippen LogP contribution in [-0.4, -0.2) is 4.98 Å². The zero-order valence-corrected chi connectivity index (χ0v) is 10.2. The quantitative estimate of drug-likeness (QED) is 0.650. The van der Waals surface area contributed by atoms with Crippen molar-refractivity contribution in [2.45, 2.75) is 6.92 Å². The minimum Gasteiger partial charge on any atom is -0.399 e. The summed E-state index contributed by atoms with van der Waals surface area (Å²) in [6, 6.07) is 16.4. The van der Waals surface area contributed by atoms with Crippen molar-refractivity contribution in [1.82, 2.24) is 4.98 Å². The highest BCUT2D eigenvalue weighted by Gasteiger charge is 2.04. The number of aryl methyl sites for hydroxylation is 1. The summed E-state index contributed by atoms with van der Waals surface area (Å²) in [7, 11) is 0. The number of nitrogen functional groups attached to an aromatic ring is 1.